The molecule has 0 spiro atoms. The molecule has 2 saturated carbocycles. The summed E-state index contributed by atoms with van der Waals surface area (Å²) < 4.78 is 12.0. The number of anilines is 2. The second kappa shape index (κ2) is 7.86. The van der Waals surface area contributed by atoms with E-state index >= 15 is 0 Å². The van der Waals surface area contributed by atoms with Gasteiger partial charge in [-0.2, -0.15) is 0 Å². The van der Waals surface area contributed by atoms with Crippen LogP contribution in [0, 0.1) is 11.8 Å². The molecule has 4 unspecified atom stereocenters. The van der Waals surface area contributed by atoms with Crippen molar-refractivity contribution < 1.29 is 19.4 Å². The Morgan fingerprint density at radius 2 is 2.10 bits per heavy atom. The Kier molecular flexibility index (Phi) is 5.20. The van der Waals surface area contributed by atoms with Gasteiger partial charge in [-0.3, -0.25) is 5.32 Å². The van der Waals surface area contributed by atoms with Crippen molar-refractivity contribution in [1.82, 2.24) is 9.88 Å². The third kappa shape index (κ3) is 3.38. The topological polar surface area (TPSA) is 87.2 Å². The van der Waals surface area contributed by atoms with Crippen LogP contribution in [-0.2, 0) is 4.74 Å². The van der Waals surface area contributed by atoms with Gasteiger partial charge in [0.1, 0.15) is 11.3 Å². The molecule has 1 aromatic carbocycles. The van der Waals surface area contributed by atoms with Crippen LogP contribution in [0.4, 0.5) is 15.6 Å². The van der Waals surface area contributed by atoms with Crippen LogP contribution in [0.15, 0.2) is 12.1 Å². The summed E-state index contributed by atoms with van der Waals surface area (Å²) in [7, 11) is 3.48. The van der Waals surface area contributed by atoms with Crippen LogP contribution in [0.3, 0.4) is 0 Å². The predicted octanol–water partition coefficient (Wildman–Crippen LogP) is 2.76. The number of carbonyl (C=O) groups excluding carboxylic acids is 1. The normalized spacial score (nSPS) is 28.2. The number of amides is 2. The molecule has 2 bridgehead atoms. The maximum absolute atomic E-state index is 12.9. The highest BCUT2D eigenvalue weighted by Crippen LogP contribution is 2.46. The molecule has 2 N–H and O–H groups in total. The third-order valence-corrected chi connectivity index (χ3v) is 7.86. The molecule has 1 aromatic heterocycles. The number of thiazole rings is 1. The largest absolute Gasteiger partial charge is 0.494 e. The number of aliphatic hydroxyl groups is 1. The Morgan fingerprint density at radius 1 is 1.30 bits per heavy atom. The summed E-state index contributed by atoms with van der Waals surface area (Å²) >= 11 is 1.48. The highest BCUT2D eigenvalue weighted by molar-refractivity contribution is 7.23. The average Bonchev–Trinajstić information content (AvgIpc) is 3.46. The van der Waals surface area contributed by atoms with Crippen molar-refractivity contribution in [2.75, 3.05) is 50.7 Å². The van der Waals surface area contributed by atoms with Gasteiger partial charge in [-0.25, -0.2) is 9.78 Å². The summed E-state index contributed by atoms with van der Waals surface area (Å²) in [6, 6.07) is 4.04. The van der Waals surface area contributed by atoms with E-state index in [0.29, 0.717) is 35.9 Å². The molecule has 3 aliphatic rings. The van der Waals surface area contributed by atoms with E-state index in [1.807, 2.05) is 13.1 Å². The fourth-order valence-electron chi connectivity index (χ4n) is 5.26. The average molecular weight is 433 g/mol. The van der Waals surface area contributed by atoms with Gasteiger partial charge in [-0.1, -0.05) is 11.3 Å². The molecule has 0 radical (unpaired) electrons. The molecule has 30 heavy (non-hydrogen) atoms. The Labute approximate surface area is 179 Å². The Bertz CT molecular complexity index is 942. The van der Waals surface area contributed by atoms with Gasteiger partial charge in [0.25, 0.3) is 0 Å². The molecular formula is C21H28N4O4S. The van der Waals surface area contributed by atoms with E-state index in [1.54, 1.807) is 12.0 Å². The van der Waals surface area contributed by atoms with Gasteiger partial charge in [0, 0.05) is 26.2 Å². The van der Waals surface area contributed by atoms with Gasteiger partial charge in [-0.15, -0.1) is 0 Å². The standard InChI is InChI=1S/C21H28N4O4S/c1-24(15-10-13-9-12(15)11-16(13)26)21(27)23-20-22-18-17(28-2)4-3-14(19(18)30-20)25-5-7-29-8-6-25/h3-4,12-13,15-16,26H,5-11H2,1-2H3,(H,22,23,27). The molecule has 162 valence electrons. The monoisotopic (exact) mass is 432 g/mol. The number of hydrogen-bond acceptors (Lipinski definition) is 7. The zero-order chi connectivity index (χ0) is 20.8. The number of nitrogens with zero attached hydrogens (tertiary/aromatic N) is 3. The number of methoxy groups -OCH3 is 1. The lowest BCUT2D eigenvalue weighted by atomic mass is 9.92. The molecule has 1 saturated heterocycles. The van der Waals surface area contributed by atoms with Crippen LogP contribution in [-0.4, -0.2) is 73.6 Å². The fraction of sp³-hybridized carbons (Fsp3) is 0.619. The van der Waals surface area contributed by atoms with Gasteiger partial charge < -0.3 is 24.4 Å². The number of fused-ring (bicyclic) bond motifs is 3. The van der Waals surface area contributed by atoms with Gasteiger partial charge in [0.15, 0.2) is 5.13 Å². The predicted molar refractivity (Wildman–Crippen MR) is 117 cm³/mol. The summed E-state index contributed by atoms with van der Waals surface area (Å²) in [4.78, 5) is 21.7. The molecule has 2 aromatic rings. The first-order chi connectivity index (χ1) is 14.5. The van der Waals surface area contributed by atoms with E-state index in [0.717, 1.165) is 48.3 Å². The Morgan fingerprint density at radius 3 is 2.77 bits per heavy atom. The van der Waals surface area contributed by atoms with Crippen molar-refractivity contribution >= 4 is 38.4 Å². The zero-order valence-electron chi connectivity index (χ0n) is 17.3. The van der Waals surface area contributed by atoms with Crippen molar-refractivity contribution in [3.63, 3.8) is 0 Å². The number of hydrogen-bond donors (Lipinski definition) is 2. The quantitative estimate of drug-likeness (QED) is 0.773. The second-order valence-corrected chi connectivity index (χ2v) is 9.49. The number of nitrogens with one attached hydrogen (secondary N) is 1. The van der Waals surface area contributed by atoms with E-state index < -0.39 is 0 Å². The van der Waals surface area contributed by atoms with Crippen LogP contribution < -0.4 is 15.0 Å². The van der Waals surface area contributed by atoms with E-state index in [-0.39, 0.29) is 18.2 Å². The first-order valence-electron chi connectivity index (χ1n) is 10.6. The molecule has 8 nitrogen and oxygen atoms in total. The summed E-state index contributed by atoms with van der Waals surface area (Å²) in [5.41, 5.74) is 1.87. The number of benzene rings is 1. The lowest BCUT2D eigenvalue weighted by Gasteiger charge is -2.32. The van der Waals surface area contributed by atoms with Crippen LogP contribution in [0.1, 0.15) is 19.3 Å². The maximum atomic E-state index is 12.9. The van der Waals surface area contributed by atoms with Crippen molar-refractivity contribution in [3.8, 4) is 5.75 Å². The number of carbonyl (C=O) groups is 1. The number of ether oxygens (including phenoxy) is 2. The molecule has 4 atom stereocenters. The molecule has 3 fully saturated rings. The third-order valence-electron chi connectivity index (χ3n) is 6.87. The Balaban J connectivity index is 1.37. The lowest BCUT2D eigenvalue weighted by Crippen LogP contribution is -2.44. The van der Waals surface area contributed by atoms with E-state index in [1.165, 1.54) is 11.3 Å². The van der Waals surface area contributed by atoms with E-state index in [2.05, 4.69) is 21.3 Å². The second-order valence-electron chi connectivity index (χ2n) is 8.49. The fourth-order valence-corrected chi connectivity index (χ4v) is 6.27. The number of rotatable bonds is 4. The van der Waals surface area contributed by atoms with Crippen molar-refractivity contribution in [1.29, 1.82) is 0 Å². The first-order valence-corrected chi connectivity index (χ1v) is 11.4. The SMILES string of the molecule is COc1ccc(N2CCOCC2)c2sc(NC(=O)N(C)C3CC4CC3CC4O)nc12. The summed E-state index contributed by atoms with van der Waals surface area (Å²) in [5, 5.41) is 13.6. The number of aromatic nitrogens is 1. The summed E-state index contributed by atoms with van der Waals surface area (Å²) in [6.07, 6.45) is 2.50. The number of morpholine rings is 1. The summed E-state index contributed by atoms with van der Waals surface area (Å²) in [6.45, 7) is 3.08. The van der Waals surface area contributed by atoms with Gasteiger partial charge in [0.2, 0.25) is 0 Å². The zero-order valence-corrected chi connectivity index (χ0v) is 18.2. The van der Waals surface area contributed by atoms with E-state index in [4.69, 9.17) is 9.47 Å². The molecule has 9 heteroatoms. The molecule has 2 heterocycles. The van der Waals surface area contributed by atoms with Crippen molar-refractivity contribution in [2.24, 2.45) is 11.8 Å². The van der Waals surface area contributed by atoms with Crippen molar-refractivity contribution in [3.05, 3.63) is 12.1 Å². The molecular weight excluding hydrogens is 404 g/mol. The minimum Gasteiger partial charge on any atom is -0.494 e. The molecule has 2 aliphatic carbocycles. The molecule has 5 rings (SSSR count). The van der Waals surface area contributed by atoms with Gasteiger partial charge >= 0.3 is 6.03 Å². The molecule has 1 aliphatic heterocycles. The first kappa shape index (κ1) is 19.8. The number of urea groups is 1. The van der Waals surface area contributed by atoms with Crippen LogP contribution >= 0.6 is 11.3 Å². The number of aliphatic hydroxyl groups excluding tert-OH is 1. The minimum atomic E-state index is -0.196. The minimum absolute atomic E-state index is 0.145. The highest BCUT2D eigenvalue weighted by Gasteiger charge is 2.47. The smallest absolute Gasteiger partial charge is 0.323 e. The Hall–Kier alpha value is -2.10. The van der Waals surface area contributed by atoms with Crippen LogP contribution in [0.5, 0.6) is 5.75 Å². The van der Waals surface area contributed by atoms with Crippen LogP contribution in [0.25, 0.3) is 10.2 Å². The van der Waals surface area contributed by atoms with E-state index in [9.17, 15) is 9.90 Å². The summed E-state index contributed by atoms with van der Waals surface area (Å²) in [5.74, 6) is 1.43. The molecule has 2 amide bonds. The maximum Gasteiger partial charge on any atom is 0.323 e. The van der Waals surface area contributed by atoms with Crippen molar-refractivity contribution in [2.45, 2.75) is 31.4 Å². The highest BCUT2D eigenvalue weighted by atomic mass is 32.1. The van der Waals surface area contributed by atoms with Gasteiger partial charge in [-0.05, 0) is 43.2 Å². The van der Waals surface area contributed by atoms with Gasteiger partial charge in [0.05, 0.1) is 36.8 Å². The van der Waals surface area contributed by atoms with Crippen LogP contribution in [0.2, 0.25) is 0 Å². The lowest BCUT2D eigenvalue weighted by molar-refractivity contribution is 0.0834.